The molecule has 1 aliphatic heterocycles. The lowest BCUT2D eigenvalue weighted by Crippen LogP contribution is -2.49. The quantitative estimate of drug-likeness (QED) is 0.483. The molecular weight excluding hydrogens is 457 g/mol. The standard InChI is InChI=1S/C26H21F3N4O2/c27-17-5-7-18(8-6-17)32-9-11-33(12-10-32)26(35)21-13-16(14-22(28)24(21)29)15-23-19-3-1-2-4-20(19)25(34)31-30-23/h1-8,13-14H,9-12,15H2,(H,31,34). The van der Waals surface area contributed by atoms with E-state index in [1.54, 1.807) is 36.4 Å². The third-order valence-electron chi connectivity index (χ3n) is 6.22. The first kappa shape index (κ1) is 22.6. The van der Waals surface area contributed by atoms with Gasteiger partial charge >= 0.3 is 0 Å². The second kappa shape index (κ2) is 9.25. The predicted octanol–water partition coefficient (Wildman–Crippen LogP) is 3.89. The van der Waals surface area contributed by atoms with Crippen molar-refractivity contribution >= 4 is 22.4 Å². The first-order chi connectivity index (χ1) is 16.9. The van der Waals surface area contributed by atoms with Gasteiger partial charge in [0.25, 0.3) is 11.5 Å². The van der Waals surface area contributed by atoms with E-state index in [2.05, 4.69) is 10.2 Å². The zero-order valence-electron chi connectivity index (χ0n) is 18.6. The number of carbonyl (C=O) groups excluding carboxylic acids is 1. The molecule has 0 spiro atoms. The first-order valence-electron chi connectivity index (χ1n) is 11.1. The number of fused-ring (bicyclic) bond motifs is 1. The van der Waals surface area contributed by atoms with Crippen molar-refractivity contribution in [1.82, 2.24) is 15.1 Å². The molecule has 1 N–H and O–H groups in total. The van der Waals surface area contributed by atoms with Gasteiger partial charge in [0.1, 0.15) is 5.82 Å². The lowest BCUT2D eigenvalue weighted by Gasteiger charge is -2.36. The monoisotopic (exact) mass is 478 g/mol. The summed E-state index contributed by atoms with van der Waals surface area (Å²) >= 11 is 0. The fraction of sp³-hybridized carbons (Fsp3) is 0.192. The Morgan fingerprint density at radius 2 is 1.60 bits per heavy atom. The highest BCUT2D eigenvalue weighted by molar-refractivity contribution is 5.95. The Balaban J connectivity index is 1.37. The van der Waals surface area contributed by atoms with Gasteiger partial charge in [-0.3, -0.25) is 9.59 Å². The molecule has 178 valence electrons. The lowest BCUT2D eigenvalue weighted by molar-refractivity contribution is 0.0740. The number of amides is 1. The van der Waals surface area contributed by atoms with Crippen LogP contribution in [0.15, 0.2) is 65.5 Å². The van der Waals surface area contributed by atoms with Gasteiger partial charge in [-0.2, -0.15) is 5.10 Å². The van der Waals surface area contributed by atoms with Crippen LogP contribution in [0.2, 0.25) is 0 Å². The highest BCUT2D eigenvalue weighted by Crippen LogP contribution is 2.23. The maximum atomic E-state index is 14.7. The maximum absolute atomic E-state index is 14.7. The van der Waals surface area contributed by atoms with E-state index in [9.17, 15) is 22.8 Å². The minimum atomic E-state index is -1.20. The van der Waals surface area contributed by atoms with Crippen molar-refractivity contribution < 1.29 is 18.0 Å². The number of aromatic nitrogens is 2. The molecule has 1 aliphatic rings. The third-order valence-corrected chi connectivity index (χ3v) is 6.22. The molecule has 3 aromatic carbocycles. The molecule has 0 saturated carbocycles. The molecule has 1 aromatic heterocycles. The van der Waals surface area contributed by atoms with Crippen LogP contribution in [0.4, 0.5) is 18.9 Å². The van der Waals surface area contributed by atoms with Gasteiger partial charge in [-0.05, 0) is 48.0 Å². The van der Waals surface area contributed by atoms with Gasteiger partial charge in [-0.1, -0.05) is 18.2 Å². The van der Waals surface area contributed by atoms with Crippen LogP contribution < -0.4 is 10.5 Å². The van der Waals surface area contributed by atoms with Crippen molar-refractivity contribution in [2.24, 2.45) is 0 Å². The third kappa shape index (κ3) is 4.49. The SMILES string of the molecule is O=C(c1cc(Cc2n[nH]c(=O)c3ccccc23)cc(F)c1F)N1CCN(c2ccc(F)cc2)CC1. The molecule has 0 aliphatic carbocycles. The van der Waals surface area contributed by atoms with E-state index in [0.717, 1.165) is 11.8 Å². The average Bonchev–Trinajstić information content (AvgIpc) is 2.88. The van der Waals surface area contributed by atoms with Crippen molar-refractivity contribution in [3.8, 4) is 0 Å². The summed E-state index contributed by atoms with van der Waals surface area (Å²) in [5, 5.41) is 7.55. The predicted molar refractivity (Wildman–Crippen MR) is 126 cm³/mol. The molecule has 2 heterocycles. The van der Waals surface area contributed by atoms with Gasteiger partial charge in [-0.25, -0.2) is 18.3 Å². The van der Waals surface area contributed by atoms with Crippen LogP contribution >= 0.6 is 0 Å². The molecule has 0 radical (unpaired) electrons. The van der Waals surface area contributed by atoms with E-state index < -0.39 is 17.5 Å². The van der Waals surface area contributed by atoms with E-state index in [1.807, 2.05) is 4.90 Å². The molecule has 6 nitrogen and oxygen atoms in total. The van der Waals surface area contributed by atoms with Crippen molar-refractivity contribution in [2.75, 3.05) is 31.1 Å². The molecule has 0 bridgehead atoms. The van der Waals surface area contributed by atoms with E-state index in [1.165, 1.54) is 23.1 Å². The van der Waals surface area contributed by atoms with Gasteiger partial charge in [-0.15, -0.1) is 0 Å². The van der Waals surface area contributed by atoms with Gasteiger partial charge in [0, 0.05) is 43.7 Å². The van der Waals surface area contributed by atoms with Crippen molar-refractivity contribution in [3.63, 3.8) is 0 Å². The number of halogens is 3. The average molecular weight is 478 g/mol. The van der Waals surface area contributed by atoms with E-state index in [4.69, 9.17) is 0 Å². The lowest BCUT2D eigenvalue weighted by atomic mass is 10.0. The number of aromatic amines is 1. The number of anilines is 1. The second-order valence-electron chi connectivity index (χ2n) is 8.42. The second-order valence-corrected chi connectivity index (χ2v) is 8.42. The summed E-state index contributed by atoms with van der Waals surface area (Å²) in [6.45, 7) is 1.59. The number of hydrogen-bond acceptors (Lipinski definition) is 4. The van der Waals surface area contributed by atoms with Crippen molar-refractivity contribution in [1.29, 1.82) is 0 Å². The zero-order chi connectivity index (χ0) is 24.5. The van der Waals surface area contributed by atoms with Crippen molar-refractivity contribution in [2.45, 2.75) is 6.42 Å². The largest absolute Gasteiger partial charge is 0.368 e. The van der Waals surface area contributed by atoms with Gasteiger partial charge in [0.05, 0.1) is 16.6 Å². The molecule has 1 saturated heterocycles. The molecule has 0 unspecified atom stereocenters. The Morgan fingerprint density at radius 1 is 0.914 bits per heavy atom. The Morgan fingerprint density at radius 3 is 2.31 bits per heavy atom. The minimum absolute atomic E-state index is 0.104. The molecule has 5 rings (SSSR count). The van der Waals surface area contributed by atoms with Crippen LogP contribution in [0, 0.1) is 17.5 Å². The molecule has 1 amide bonds. The Kier molecular flexibility index (Phi) is 5.98. The number of carbonyl (C=O) groups is 1. The van der Waals surface area contributed by atoms with Crippen LogP contribution in [0.25, 0.3) is 10.8 Å². The van der Waals surface area contributed by atoms with Crippen LogP contribution in [0.5, 0.6) is 0 Å². The van der Waals surface area contributed by atoms with Crippen LogP contribution in [-0.4, -0.2) is 47.2 Å². The number of nitrogens with one attached hydrogen (secondary N) is 1. The molecular formula is C26H21F3N4O2. The molecule has 35 heavy (non-hydrogen) atoms. The molecule has 4 aromatic rings. The minimum Gasteiger partial charge on any atom is -0.368 e. The Bertz CT molecular complexity index is 1460. The number of nitrogens with zero attached hydrogens (tertiary/aromatic N) is 3. The number of H-pyrrole nitrogens is 1. The van der Waals surface area contributed by atoms with Gasteiger partial charge < -0.3 is 9.80 Å². The highest BCUT2D eigenvalue weighted by atomic mass is 19.2. The highest BCUT2D eigenvalue weighted by Gasteiger charge is 2.26. The summed E-state index contributed by atoms with van der Waals surface area (Å²) in [4.78, 5) is 28.6. The molecule has 1 fully saturated rings. The number of rotatable bonds is 4. The van der Waals surface area contributed by atoms with Gasteiger partial charge in [0.15, 0.2) is 11.6 Å². The fourth-order valence-corrected chi connectivity index (χ4v) is 4.39. The first-order valence-corrected chi connectivity index (χ1v) is 11.1. The maximum Gasteiger partial charge on any atom is 0.272 e. The smallest absolute Gasteiger partial charge is 0.272 e. The topological polar surface area (TPSA) is 69.3 Å². The number of hydrogen-bond donors (Lipinski definition) is 1. The summed E-state index contributed by atoms with van der Waals surface area (Å²) in [6, 6.07) is 15.3. The Hall–Kier alpha value is -4.14. The summed E-state index contributed by atoms with van der Waals surface area (Å²) in [5.41, 5.74) is 0.993. The molecule has 9 heteroatoms. The van der Waals surface area contributed by atoms with E-state index in [0.29, 0.717) is 48.2 Å². The zero-order valence-corrected chi connectivity index (χ0v) is 18.6. The summed E-state index contributed by atoms with van der Waals surface area (Å²) in [5.74, 6) is -3.24. The summed E-state index contributed by atoms with van der Waals surface area (Å²) < 4.78 is 42.4. The summed E-state index contributed by atoms with van der Waals surface area (Å²) in [7, 11) is 0. The van der Waals surface area contributed by atoms with E-state index >= 15 is 0 Å². The van der Waals surface area contributed by atoms with Gasteiger partial charge in [0.2, 0.25) is 0 Å². The normalized spacial score (nSPS) is 13.9. The fourth-order valence-electron chi connectivity index (χ4n) is 4.39. The number of benzene rings is 3. The van der Waals surface area contributed by atoms with Crippen LogP contribution in [0.1, 0.15) is 21.6 Å². The van der Waals surface area contributed by atoms with Crippen molar-refractivity contribution in [3.05, 3.63) is 105 Å². The summed E-state index contributed by atoms with van der Waals surface area (Å²) in [6.07, 6.45) is 0.104. The van der Waals surface area contributed by atoms with Crippen LogP contribution in [0.3, 0.4) is 0 Å². The van der Waals surface area contributed by atoms with Crippen LogP contribution in [-0.2, 0) is 6.42 Å². The Labute approximate surface area is 198 Å². The molecule has 0 atom stereocenters. The number of piperazine rings is 1. The van der Waals surface area contributed by atoms with E-state index in [-0.39, 0.29) is 23.4 Å².